The molecule has 1 aliphatic heterocycles. The van der Waals surface area contributed by atoms with Gasteiger partial charge in [0.2, 0.25) is 4.96 Å². The fourth-order valence-corrected chi connectivity index (χ4v) is 3.13. The maximum atomic E-state index is 11.9. The molecule has 0 amide bonds. The molecule has 2 aromatic heterocycles. The summed E-state index contributed by atoms with van der Waals surface area (Å²) in [5, 5.41) is 7.33. The van der Waals surface area contributed by atoms with Gasteiger partial charge in [-0.3, -0.25) is 14.6 Å². The van der Waals surface area contributed by atoms with Gasteiger partial charge in [-0.05, 0) is 7.05 Å². The molecule has 114 valence electrons. The molecule has 0 unspecified atom stereocenters. The van der Waals surface area contributed by atoms with Crippen molar-refractivity contribution < 1.29 is 0 Å². The highest BCUT2D eigenvalue weighted by atomic mass is 32.1. The molecule has 8 heteroatoms. The van der Waals surface area contributed by atoms with E-state index in [1.54, 1.807) is 11.6 Å². The first kappa shape index (κ1) is 14.6. The van der Waals surface area contributed by atoms with Crippen LogP contribution in [0.1, 0.15) is 5.69 Å². The summed E-state index contributed by atoms with van der Waals surface area (Å²) in [5.41, 5.74) is 2.35. The van der Waals surface area contributed by atoms with Crippen molar-refractivity contribution in [3.8, 4) is 0 Å². The minimum absolute atomic E-state index is 0.105. The van der Waals surface area contributed by atoms with E-state index in [4.69, 9.17) is 0 Å². The van der Waals surface area contributed by atoms with Crippen LogP contribution in [0.15, 0.2) is 16.4 Å². The van der Waals surface area contributed by atoms with E-state index in [2.05, 4.69) is 32.2 Å². The maximum absolute atomic E-state index is 11.9. The minimum Gasteiger partial charge on any atom is -0.314 e. The summed E-state index contributed by atoms with van der Waals surface area (Å²) >= 11 is 1.39. The van der Waals surface area contributed by atoms with Crippen LogP contribution in [0, 0.1) is 0 Å². The predicted molar refractivity (Wildman–Crippen MR) is 82.8 cm³/mol. The van der Waals surface area contributed by atoms with Crippen molar-refractivity contribution in [3.63, 3.8) is 0 Å². The minimum atomic E-state index is -0.105. The largest absolute Gasteiger partial charge is 0.314 e. The van der Waals surface area contributed by atoms with Gasteiger partial charge in [0.25, 0.3) is 5.56 Å². The van der Waals surface area contributed by atoms with Gasteiger partial charge in [-0.25, -0.2) is 4.98 Å². The van der Waals surface area contributed by atoms with Crippen molar-refractivity contribution in [2.75, 3.05) is 46.3 Å². The lowest BCUT2D eigenvalue weighted by atomic mass is 10.3. The van der Waals surface area contributed by atoms with Crippen LogP contribution >= 0.6 is 11.3 Å². The van der Waals surface area contributed by atoms with Crippen LogP contribution in [0.4, 0.5) is 0 Å². The molecule has 0 radical (unpaired) electrons. The molecule has 0 aliphatic carbocycles. The van der Waals surface area contributed by atoms with E-state index in [1.807, 2.05) is 0 Å². The number of piperazine rings is 1. The molecule has 2 aromatic rings. The fourth-order valence-electron chi connectivity index (χ4n) is 2.48. The summed E-state index contributed by atoms with van der Waals surface area (Å²) in [6.07, 6.45) is 0. The van der Waals surface area contributed by atoms with Gasteiger partial charge in [-0.15, -0.1) is 0 Å². The molecule has 0 bridgehead atoms. The molecule has 0 saturated carbocycles. The smallest absolute Gasteiger partial charge is 0.275 e. The van der Waals surface area contributed by atoms with Crippen molar-refractivity contribution in [3.05, 3.63) is 27.6 Å². The summed E-state index contributed by atoms with van der Waals surface area (Å²) in [4.78, 5) is 21.7. The van der Waals surface area contributed by atoms with Gasteiger partial charge in [0.05, 0.1) is 5.69 Å². The van der Waals surface area contributed by atoms with Gasteiger partial charge in [-0.1, -0.05) is 11.3 Å². The second kappa shape index (κ2) is 6.61. The Balaban J connectivity index is 1.57. The zero-order chi connectivity index (χ0) is 14.7. The Hall–Kier alpha value is -1.35. The second-order valence-electron chi connectivity index (χ2n) is 5.35. The lowest BCUT2D eigenvalue weighted by Gasteiger charge is -2.29. The number of hydrogen-bond acceptors (Lipinski definition) is 7. The molecule has 1 aliphatic rings. The molecule has 1 saturated heterocycles. The summed E-state index contributed by atoms with van der Waals surface area (Å²) < 4.78 is 1.34. The van der Waals surface area contributed by atoms with E-state index < -0.39 is 0 Å². The van der Waals surface area contributed by atoms with E-state index in [0.29, 0.717) is 11.5 Å². The first-order chi connectivity index (χ1) is 10.2. The van der Waals surface area contributed by atoms with Crippen LogP contribution in [-0.2, 0) is 6.54 Å². The fraction of sp³-hybridized carbons (Fsp3) is 0.615. The van der Waals surface area contributed by atoms with Crippen LogP contribution in [0.5, 0.6) is 0 Å². The average molecular weight is 308 g/mol. The molecule has 0 spiro atoms. The summed E-state index contributed by atoms with van der Waals surface area (Å²) in [6.45, 7) is 7.09. The normalized spacial score (nSPS) is 16.9. The molecule has 3 heterocycles. The third kappa shape index (κ3) is 3.65. The van der Waals surface area contributed by atoms with Gasteiger partial charge in [0, 0.05) is 51.9 Å². The van der Waals surface area contributed by atoms with Crippen molar-refractivity contribution in [2.45, 2.75) is 6.54 Å². The number of rotatable bonds is 5. The Labute approximate surface area is 127 Å². The monoisotopic (exact) mass is 308 g/mol. The first-order valence-corrected chi connectivity index (χ1v) is 8.04. The van der Waals surface area contributed by atoms with Gasteiger partial charge in [0.1, 0.15) is 5.51 Å². The number of fused-ring (bicyclic) bond motifs is 1. The van der Waals surface area contributed by atoms with E-state index in [9.17, 15) is 4.79 Å². The standard InChI is InChI=1S/C13H20N6OS/c1-17(6-7-18-4-2-14-3-5-18)9-11-8-12(20)19-13(16-11)21-10-15-19/h8,10,14H,2-7,9H2,1H3. The highest BCUT2D eigenvalue weighted by Gasteiger charge is 2.11. The second-order valence-corrected chi connectivity index (χ2v) is 6.16. The van der Waals surface area contributed by atoms with E-state index in [-0.39, 0.29) is 5.56 Å². The van der Waals surface area contributed by atoms with Crippen LogP contribution in [0.3, 0.4) is 0 Å². The van der Waals surface area contributed by atoms with Gasteiger partial charge < -0.3 is 5.32 Å². The third-order valence-electron chi connectivity index (χ3n) is 3.68. The van der Waals surface area contributed by atoms with Crippen LogP contribution < -0.4 is 10.9 Å². The molecule has 0 aromatic carbocycles. The van der Waals surface area contributed by atoms with Crippen molar-refractivity contribution in [2.24, 2.45) is 0 Å². The zero-order valence-electron chi connectivity index (χ0n) is 12.2. The maximum Gasteiger partial charge on any atom is 0.275 e. The molecule has 3 rings (SSSR count). The van der Waals surface area contributed by atoms with Crippen molar-refractivity contribution in [1.29, 1.82) is 0 Å². The van der Waals surface area contributed by atoms with E-state index in [0.717, 1.165) is 45.0 Å². The number of aromatic nitrogens is 3. The highest BCUT2D eigenvalue weighted by Crippen LogP contribution is 2.05. The molecule has 0 atom stereocenters. The Morgan fingerprint density at radius 2 is 2.24 bits per heavy atom. The SMILES string of the molecule is CN(CCN1CCNCC1)Cc1cc(=O)n2ncsc2n1. The van der Waals surface area contributed by atoms with Crippen LogP contribution in [0.2, 0.25) is 0 Å². The van der Waals surface area contributed by atoms with Crippen molar-refractivity contribution in [1.82, 2.24) is 29.7 Å². The van der Waals surface area contributed by atoms with Crippen LogP contribution in [-0.4, -0.2) is 70.7 Å². The molecule has 1 N–H and O–H groups in total. The highest BCUT2D eigenvalue weighted by molar-refractivity contribution is 7.14. The summed E-state index contributed by atoms with van der Waals surface area (Å²) in [5.74, 6) is 0. The summed E-state index contributed by atoms with van der Waals surface area (Å²) in [6, 6.07) is 1.58. The Kier molecular flexibility index (Phi) is 4.59. The average Bonchev–Trinajstić information content (AvgIpc) is 2.95. The number of likely N-dealkylation sites (N-methyl/N-ethyl adjacent to an activating group) is 1. The molecular weight excluding hydrogens is 288 g/mol. The molecule has 21 heavy (non-hydrogen) atoms. The Morgan fingerprint density at radius 1 is 1.43 bits per heavy atom. The number of nitrogens with zero attached hydrogens (tertiary/aromatic N) is 5. The van der Waals surface area contributed by atoms with E-state index >= 15 is 0 Å². The Morgan fingerprint density at radius 3 is 3.05 bits per heavy atom. The quantitative estimate of drug-likeness (QED) is 0.802. The molecular formula is C13H20N6OS. The van der Waals surface area contributed by atoms with Gasteiger partial charge in [0.15, 0.2) is 0 Å². The molecule has 1 fully saturated rings. The van der Waals surface area contributed by atoms with Gasteiger partial charge >= 0.3 is 0 Å². The summed E-state index contributed by atoms with van der Waals surface area (Å²) in [7, 11) is 2.07. The van der Waals surface area contributed by atoms with Gasteiger partial charge in [-0.2, -0.15) is 9.61 Å². The topological polar surface area (TPSA) is 65.8 Å². The zero-order valence-corrected chi connectivity index (χ0v) is 13.0. The first-order valence-electron chi connectivity index (χ1n) is 7.16. The number of nitrogens with one attached hydrogen (secondary N) is 1. The lowest BCUT2D eigenvalue weighted by Crippen LogP contribution is -2.45. The third-order valence-corrected chi connectivity index (χ3v) is 4.35. The predicted octanol–water partition coefficient (Wildman–Crippen LogP) is -0.512. The van der Waals surface area contributed by atoms with E-state index in [1.165, 1.54) is 15.9 Å². The van der Waals surface area contributed by atoms with Crippen LogP contribution in [0.25, 0.3) is 4.96 Å². The Bertz CT molecular complexity index is 647. The molecule has 7 nitrogen and oxygen atoms in total. The van der Waals surface area contributed by atoms with Crippen molar-refractivity contribution >= 4 is 16.3 Å². The lowest BCUT2D eigenvalue weighted by molar-refractivity contribution is 0.201. The number of hydrogen-bond donors (Lipinski definition) is 1.